The van der Waals surface area contributed by atoms with Crippen LogP contribution < -0.4 is 4.74 Å². The fourth-order valence-electron chi connectivity index (χ4n) is 4.18. The number of nitrogens with zero attached hydrogens (tertiary/aromatic N) is 3. The molecular formula is C21H29N3O5S. The van der Waals surface area contributed by atoms with Gasteiger partial charge in [0.25, 0.3) is 0 Å². The number of likely N-dealkylation sites (tertiary alicyclic amines) is 1. The normalized spacial score (nSPS) is 25.9. The standard InChI is InChI=1S/C21H29N3O5S/c1-22(2)21(26)14-24-16-9-11-23(20(25)13-15-7-8-15)12-10-17(16)29-18-5-3-4-6-19(18)30(24,27)28/h3-6,15-17H,7-14H2,1-2H3/t16-,17-/m0/s1. The number of benzene rings is 1. The Morgan fingerprint density at radius 3 is 2.50 bits per heavy atom. The highest BCUT2D eigenvalue weighted by molar-refractivity contribution is 7.89. The molecule has 1 saturated heterocycles. The quantitative estimate of drug-likeness (QED) is 0.712. The summed E-state index contributed by atoms with van der Waals surface area (Å²) >= 11 is 0. The van der Waals surface area contributed by atoms with Crippen molar-refractivity contribution in [3.63, 3.8) is 0 Å². The molecule has 2 aliphatic heterocycles. The Balaban J connectivity index is 1.65. The van der Waals surface area contributed by atoms with Crippen LogP contribution in [0.2, 0.25) is 0 Å². The molecule has 4 rings (SSSR count). The van der Waals surface area contributed by atoms with E-state index in [1.807, 2.05) is 4.90 Å². The predicted molar refractivity (Wildman–Crippen MR) is 110 cm³/mol. The lowest BCUT2D eigenvalue weighted by molar-refractivity contribution is -0.132. The van der Waals surface area contributed by atoms with Gasteiger partial charge in [-0.3, -0.25) is 9.59 Å². The van der Waals surface area contributed by atoms with Crippen molar-refractivity contribution >= 4 is 21.8 Å². The highest BCUT2D eigenvalue weighted by atomic mass is 32.2. The van der Waals surface area contributed by atoms with Crippen LogP contribution in [0.5, 0.6) is 5.75 Å². The molecule has 1 aromatic carbocycles. The van der Waals surface area contributed by atoms with Crippen molar-refractivity contribution in [3.8, 4) is 5.75 Å². The van der Waals surface area contributed by atoms with E-state index in [1.165, 1.54) is 15.3 Å². The molecule has 3 aliphatic rings. The van der Waals surface area contributed by atoms with Crippen molar-refractivity contribution in [1.29, 1.82) is 0 Å². The fourth-order valence-corrected chi connectivity index (χ4v) is 5.93. The van der Waals surface area contributed by atoms with Crippen molar-refractivity contribution in [1.82, 2.24) is 14.1 Å². The van der Waals surface area contributed by atoms with Crippen LogP contribution in [-0.2, 0) is 19.6 Å². The first-order valence-electron chi connectivity index (χ1n) is 10.5. The molecule has 0 N–H and O–H groups in total. The second kappa shape index (κ2) is 8.19. The smallest absolute Gasteiger partial charge is 0.247 e. The van der Waals surface area contributed by atoms with E-state index >= 15 is 0 Å². The lowest BCUT2D eigenvalue weighted by Gasteiger charge is -2.31. The second-order valence-electron chi connectivity index (χ2n) is 8.61. The summed E-state index contributed by atoms with van der Waals surface area (Å²) in [5.74, 6) is 0.657. The van der Waals surface area contributed by atoms with Crippen molar-refractivity contribution in [2.45, 2.75) is 49.1 Å². The van der Waals surface area contributed by atoms with Gasteiger partial charge in [0.05, 0.1) is 12.6 Å². The zero-order valence-electron chi connectivity index (χ0n) is 17.5. The van der Waals surface area contributed by atoms with E-state index < -0.39 is 22.2 Å². The molecule has 2 atom stereocenters. The number of hydrogen-bond donors (Lipinski definition) is 0. The number of sulfonamides is 1. The summed E-state index contributed by atoms with van der Waals surface area (Å²) in [5, 5.41) is 0. The largest absolute Gasteiger partial charge is 0.487 e. The third kappa shape index (κ3) is 4.18. The highest BCUT2D eigenvalue weighted by Gasteiger charge is 2.44. The van der Waals surface area contributed by atoms with E-state index in [2.05, 4.69) is 0 Å². The lowest BCUT2D eigenvalue weighted by Crippen LogP contribution is -2.50. The molecule has 164 valence electrons. The number of hydrogen-bond acceptors (Lipinski definition) is 5. The number of amides is 2. The van der Waals surface area contributed by atoms with E-state index in [4.69, 9.17) is 4.74 Å². The lowest BCUT2D eigenvalue weighted by atomic mass is 10.1. The third-order valence-corrected chi connectivity index (χ3v) is 8.10. The van der Waals surface area contributed by atoms with Crippen LogP contribution in [-0.4, -0.2) is 80.2 Å². The summed E-state index contributed by atoms with van der Waals surface area (Å²) in [5.41, 5.74) is 0. The van der Waals surface area contributed by atoms with E-state index in [1.54, 1.807) is 32.3 Å². The monoisotopic (exact) mass is 435 g/mol. The second-order valence-corrected chi connectivity index (χ2v) is 10.5. The van der Waals surface area contributed by atoms with Gasteiger partial charge in [0.15, 0.2) is 0 Å². The molecule has 1 saturated carbocycles. The summed E-state index contributed by atoms with van der Waals surface area (Å²) in [4.78, 5) is 28.5. The number of carbonyl (C=O) groups excluding carboxylic acids is 2. The van der Waals surface area contributed by atoms with Gasteiger partial charge >= 0.3 is 0 Å². The molecule has 0 spiro atoms. The maximum absolute atomic E-state index is 13.5. The molecule has 0 aromatic heterocycles. The average molecular weight is 436 g/mol. The minimum atomic E-state index is -3.92. The van der Waals surface area contributed by atoms with E-state index in [-0.39, 0.29) is 23.3 Å². The first-order chi connectivity index (χ1) is 14.3. The van der Waals surface area contributed by atoms with Crippen LogP contribution in [0.4, 0.5) is 0 Å². The summed E-state index contributed by atoms with van der Waals surface area (Å²) in [6.07, 6.45) is 3.34. The molecule has 0 radical (unpaired) electrons. The van der Waals surface area contributed by atoms with Gasteiger partial charge < -0.3 is 14.5 Å². The van der Waals surface area contributed by atoms with Gasteiger partial charge in [-0.2, -0.15) is 4.31 Å². The van der Waals surface area contributed by atoms with Crippen LogP contribution in [0.1, 0.15) is 32.1 Å². The van der Waals surface area contributed by atoms with Crippen molar-refractivity contribution in [2.24, 2.45) is 5.92 Å². The molecule has 8 nitrogen and oxygen atoms in total. The highest BCUT2D eigenvalue weighted by Crippen LogP contribution is 2.37. The number of carbonyl (C=O) groups is 2. The Morgan fingerprint density at radius 1 is 1.10 bits per heavy atom. The van der Waals surface area contributed by atoms with Gasteiger partial charge in [0.2, 0.25) is 21.8 Å². The van der Waals surface area contributed by atoms with Crippen molar-refractivity contribution in [2.75, 3.05) is 33.7 Å². The molecule has 1 aromatic rings. The Labute approximate surface area is 177 Å². The molecular weight excluding hydrogens is 406 g/mol. The number of likely N-dealkylation sites (N-methyl/N-ethyl adjacent to an activating group) is 1. The maximum atomic E-state index is 13.5. The maximum Gasteiger partial charge on any atom is 0.247 e. The summed E-state index contributed by atoms with van der Waals surface area (Å²) in [7, 11) is -0.701. The van der Waals surface area contributed by atoms with Crippen LogP contribution in [0.25, 0.3) is 0 Å². The summed E-state index contributed by atoms with van der Waals surface area (Å²) in [6.45, 7) is 0.753. The van der Waals surface area contributed by atoms with Crippen LogP contribution >= 0.6 is 0 Å². The molecule has 2 amide bonds. The Bertz CT molecular complexity index is 928. The minimum Gasteiger partial charge on any atom is -0.487 e. The summed E-state index contributed by atoms with van der Waals surface area (Å²) in [6, 6.07) is 6.07. The molecule has 0 unspecified atom stereocenters. The Hall–Kier alpha value is -2.13. The predicted octanol–water partition coefficient (Wildman–Crippen LogP) is 1.32. The molecule has 1 aliphatic carbocycles. The zero-order valence-corrected chi connectivity index (χ0v) is 18.3. The molecule has 2 heterocycles. The SMILES string of the molecule is CN(C)C(=O)CN1[C@H]2CCN(C(=O)CC3CC3)CC[C@@H]2Oc2ccccc2S1(=O)=O. The van der Waals surface area contributed by atoms with Crippen molar-refractivity contribution < 1.29 is 22.7 Å². The zero-order chi connectivity index (χ0) is 21.5. The van der Waals surface area contributed by atoms with Crippen molar-refractivity contribution in [3.05, 3.63) is 24.3 Å². The number of rotatable bonds is 4. The van der Waals surface area contributed by atoms with Gasteiger partial charge in [0, 0.05) is 40.0 Å². The Morgan fingerprint density at radius 2 is 1.80 bits per heavy atom. The van der Waals surface area contributed by atoms with Gasteiger partial charge in [-0.25, -0.2) is 8.42 Å². The number of ether oxygens (including phenoxy) is 1. The van der Waals surface area contributed by atoms with Crippen LogP contribution in [0.15, 0.2) is 29.2 Å². The van der Waals surface area contributed by atoms with Crippen LogP contribution in [0, 0.1) is 5.92 Å². The topological polar surface area (TPSA) is 87.2 Å². The average Bonchev–Trinajstić information content (AvgIpc) is 3.53. The van der Waals surface area contributed by atoms with Gasteiger partial charge in [-0.1, -0.05) is 12.1 Å². The molecule has 0 bridgehead atoms. The fraction of sp³-hybridized carbons (Fsp3) is 0.619. The minimum absolute atomic E-state index is 0.0892. The van der Waals surface area contributed by atoms with Gasteiger partial charge in [-0.15, -0.1) is 0 Å². The summed E-state index contributed by atoms with van der Waals surface area (Å²) < 4.78 is 34.5. The van der Waals surface area contributed by atoms with Crippen LogP contribution in [0.3, 0.4) is 0 Å². The van der Waals surface area contributed by atoms with Gasteiger partial charge in [-0.05, 0) is 37.3 Å². The number of fused-ring (bicyclic) bond motifs is 2. The van der Waals surface area contributed by atoms with Gasteiger partial charge in [0.1, 0.15) is 16.7 Å². The first kappa shape index (κ1) is 21.1. The molecule has 2 fully saturated rings. The molecule has 30 heavy (non-hydrogen) atoms. The first-order valence-corrected chi connectivity index (χ1v) is 12.0. The number of para-hydroxylation sites is 1. The Kier molecular flexibility index (Phi) is 5.76. The molecule has 9 heteroatoms. The third-order valence-electron chi connectivity index (χ3n) is 6.19. The van der Waals surface area contributed by atoms with E-state index in [0.717, 1.165) is 12.8 Å². The van der Waals surface area contributed by atoms with E-state index in [0.29, 0.717) is 44.0 Å². The van der Waals surface area contributed by atoms with E-state index in [9.17, 15) is 18.0 Å².